The first-order valence-corrected chi connectivity index (χ1v) is 8.69. The maximum atomic E-state index is 6.18. The van der Waals surface area contributed by atoms with Gasteiger partial charge in [-0.25, -0.2) is 0 Å². The maximum Gasteiger partial charge on any atom is 0.0332 e. The second-order valence-corrected chi connectivity index (χ2v) is 8.54. The molecule has 1 heterocycles. The first kappa shape index (κ1) is 16.0. The van der Waals surface area contributed by atoms with E-state index >= 15 is 0 Å². The standard InChI is InChI=1S/C17H30N2S/c1-16(2,3)14-7-9-17(13-18,10-8-14)19(4)12-15-6-5-11-20-15/h5-6,11,14H,7-10,12-13,18H2,1-4H3. The molecule has 1 aliphatic carbocycles. The molecular weight excluding hydrogens is 264 g/mol. The van der Waals surface area contributed by atoms with Gasteiger partial charge >= 0.3 is 0 Å². The highest BCUT2D eigenvalue weighted by atomic mass is 32.1. The van der Waals surface area contributed by atoms with Crippen LogP contribution in [0.1, 0.15) is 51.3 Å². The Kier molecular flexibility index (Phi) is 4.93. The molecule has 3 heteroatoms. The van der Waals surface area contributed by atoms with Gasteiger partial charge in [0.2, 0.25) is 0 Å². The van der Waals surface area contributed by atoms with Gasteiger partial charge in [-0.3, -0.25) is 4.90 Å². The molecule has 0 aromatic carbocycles. The molecule has 0 unspecified atom stereocenters. The highest BCUT2D eigenvalue weighted by Gasteiger charge is 2.40. The normalized spacial score (nSPS) is 28.0. The third-order valence-corrected chi connectivity index (χ3v) is 6.17. The SMILES string of the molecule is CN(Cc1cccs1)C1(CN)CCC(C(C)(C)C)CC1. The van der Waals surface area contributed by atoms with Crippen molar-refractivity contribution in [1.29, 1.82) is 0 Å². The Hall–Kier alpha value is -0.380. The number of nitrogens with two attached hydrogens (primary N) is 1. The number of thiophene rings is 1. The van der Waals surface area contributed by atoms with Crippen LogP contribution < -0.4 is 5.73 Å². The van der Waals surface area contributed by atoms with Gasteiger partial charge in [0.15, 0.2) is 0 Å². The van der Waals surface area contributed by atoms with Crippen LogP contribution >= 0.6 is 11.3 Å². The zero-order valence-electron chi connectivity index (χ0n) is 13.5. The van der Waals surface area contributed by atoms with Gasteiger partial charge in [0.25, 0.3) is 0 Å². The Balaban J connectivity index is 2.01. The predicted molar refractivity (Wildman–Crippen MR) is 89.0 cm³/mol. The zero-order chi connectivity index (χ0) is 14.8. The molecule has 1 aliphatic rings. The Labute approximate surface area is 128 Å². The summed E-state index contributed by atoms with van der Waals surface area (Å²) in [4.78, 5) is 3.95. The summed E-state index contributed by atoms with van der Waals surface area (Å²) in [5.41, 5.74) is 6.84. The molecule has 0 amide bonds. The van der Waals surface area contributed by atoms with Crippen LogP contribution in [-0.4, -0.2) is 24.0 Å². The van der Waals surface area contributed by atoms with Crippen LogP contribution in [-0.2, 0) is 6.54 Å². The molecule has 1 aromatic heterocycles. The lowest BCUT2D eigenvalue weighted by molar-refractivity contribution is 0.0340. The van der Waals surface area contributed by atoms with Crippen LogP contribution in [0.2, 0.25) is 0 Å². The van der Waals surface area contributed by atoms with E-state index in [1.165, 1.54) is 30.6 Å². The van der Waals surface area contributed by atoms with Gasteiger partial charge in [0.1, 0.15) is 0 Å². The average molecular weight is 295 g/mol. The van der Waals surface area contributed by atoms with Crippen molar-refractivity contribution in [2.45, 2.75) is 58.5 Å². The molecular formula is C17H30N2S. The minimum absolute atomic E-state index is 0.214. The first-order chi connectivity index (χ1) is 9.37. The molecule has 0 aliphatic heterocycles. The summed E-state index contributed by atoms with van der Waals surface area (Å²) < 4.78 is 0. The van der Waals surface area contributed by atoms with Crippen LogP contribution in [0.25, 0.3) is 0 Å². The molecule has 1 fully saturated rings. The first-order valence-electron chi connectivity index (χ1n) is 7.81. The molecule has 2 rings (SSSR count). The van der Waals surface area contributed by atoms with Crippen molar-refractivity contribution in [1.82, 2.24) is 4.90 Å². The lowest BCUT2D eigenvalue weighted by atomic mass is 9.67. The third kappa shape index (κ3) is 3.44. The molecule has 0 saturated heterocycles. The maximum absolute atomic E-state index is 6.18. The summed E-state index contributed by atoms with van der Waals surface area (Å²) in [5, 5.41) is 2.16. The van der Waals surface area contributed by atoms with Crippen molar-refractivity contribution in [2.75, 3.05) is 13.6 Å². The summed E-state index contributed by atoms with van der Waals surface area (Å²) in [6.45, 7) is 8.95. The van der Waals surface area contributed by atoms with Gasteiger partial charge in [-0.1, -0.05) is 26.8 Å². The van der Waals surface area contributed by atoms with Crippen LogP contribution in [0.15, 0.2) is 17.5 Å². The van der Waals surface area contributed by atoms with Gasteiger partial charge in [0.05, 0.1) is 0 Å². The van der Waals surface area contributed by atoms with E-state index in [1.807, 2.05) is 11.3 Å². The fourth-order valence-corrected chi connectivity index (χ4v) is 4.32. The van der Waals surface area contributed by atoms with Crippen molar-refractivity contribution < 1.29 is 0 Å². The fourth-order valence-electron chi connectivity index (χ4n) is 3.57. The quantitative estimate of drug-likeness (QED) is 0.905. The van der Waals surface area contributed by atoms with Crippen molar-refractivity contribution in [3.05, 3.63) is 22.4 Å². The molecule has 20 heavy (non-hydrogen) atoms. The topological polar surface area (TPSA) is 29.3 Å². The van der Waals surface area contributed by atoms with E-state index in [9.17, 15) is 0 Å². The highest BCUT2D eigenvalue weighted by molar-refractivity contribution is 7.09. The van der Waals surface area contributed by atoms with Gasteiger partial charge in [-0.05, 0) is 55.5 Å². The fraction of sp³-hybridized carbons (Fsp3) is 0.765. The third-order valence-electron chi connectivity index (χ3n) is 5.30. The van der Waals surface area contributed by atoms with E-state index in [0.29, 0.717) is 5.41 Å². The van der Waals surface area contributed by atoms with E-state index in [-0.39, 0.29) is 5.54 Å². The molecule has 0 atom stereocenters. The summed E-state index contributed by atoms with van der Waals surface area (Å²) in [5.74, 6) is 0.845. The monoisotopic (exact) mass is 294 g/mol. The summed E-state index contributed by atoms with van der Waals surface area (Å²) >= 11 is 1.85. The van der Waals surface area contributed by atoms with Gasteiger partial charge in [-0.2, -0.15) is 0 Å². The van der Waals surface area contributed by atoms with Crippen LogP contribution in [0.4, 0.5) is 0 Å². The van der Waals surface area contributed by atoms with E-state index in [0.717, 1.165) is 19.0 Å². The lowest BCUT2D eigenvalue weighted by Gasteiger charge is -2.48. The Bertz CT molecular complexity index is 397. The van der Waals surface area contributed by atoms with E-state index in [2.05, 4.69) is 50.2 Å². The predicted octanol–water partition coefficient (Wildman–Crippen LogP) is 4.11. The van der Waals surface area contributed by atoms with Gasteiger partial charge in [0, 0.05) is 23.5 Å². The van der Waals surface area contributed by atoms with Crippen molar-refractivity contribution in [3.8, 4) is 0 Å². The zero-order valence-corrected chi connectivity index (χ0v) is 14.3. The number of rotatable bonds is 4. The number of likely N-dealkylation sites (N-methyl/N-ethyl adjacent to an activating group) is 1. The van der Waals surface area contributed by atoms with Crippen molar-refractivity contribution in [2.24, 2.45) is 17.1 Å². The second-order valence-electron chi connectivity index (χ2n) is 7.50. The largest absolute Gasteiger partial charge is 0.329 e. The Morgan fingerprint density at radius 1 is 1.35 bits per heavy atom. The van der Waals surface area contributed by atoms with Crippen LogP contribution in [0.5, 0.6) is 0 Å². The van der Waals surface area contributed by atoms with Crippen LogP contribution in [0, 0.1) is 11.3 Å². The Morgan fingerprint density at radius 2 is 2.00 bits per heavy atom. The average Bonchev–Trinajstić information content (AvgIpc) is 2.90. The van der Waals surface area contributed by atoms with E-state index in [1.54, 1.807) is 0 Å². The molecule has 2 nitrogen and oxygen atoms in total. The van der Waals surface area contributed by atoms with E-state index < -0.39 is 0 Å². The number of hydrogen-bond donors (Lipinski definition) is 1. The molecule has 2 N–H and O–H groups in total. The molecule has 0 bridgehead atoms. The number of nitrogens with zero attached hydrogens (tertiary/aromatic N) is 1. The summed E-state index contributed by atoms with van der Waals surface area (Å²) in [6, 6.07) is 4.37. The second kappa shape index (κ2) is 6.17. The molecule has 114 valence electrons. The van der Waals surface area contributed by atoms with Crippen molar-refractivity contribution in [3.63, 3.8) is 0 Å². The summed E-state index contributed by atoms with van der Waals surface area (Å²) in [6.07, 6.45) is 5.12. The van der Waals surface area contributed by atoms with E-state index in [4.69, 9.17) is 5.73 Å². The minimum atomic E-state index is 0.214. The lowest BCUT2D eigenvalue weighted by Crippen LogP contribution is -2.54. The smallest absolute Gasteiger partial charge is 0.0332 e. The molecule has 0 radical (unpaired) electrons. The molecule has 1 aromatic rings. The van der Waals surface area contributed by atoms with Gasteiger partial charge < -0.3 is 5.73 Å². The molecule has 0 spiro atoms. The molecule has 1 saturated carbocycles. The van der Waals surface area contributed by atoms with Crippen molar-refractivity contribution >= 4 is 11.3 Å². The minimum Gasteiger partial charge on any atom is -0.329 e. The number of hydrogen-bond acceptors (Lipinski definition) is 3. The van der Waals surface area contributed by atoms with Gasteiger partial charge in [-0.15, -0.1) is 11.3 Å². The van der Waals surface area contributed by atoms with Crippen LogP contribution in [0.3, 0.4) is 0 Å². The Morgan fingerprint density at radius 3 is 2.45 bits per heavy atom. The summed E-state index contributed by atoms with van der Waals surface area (Å²) in [7, 11) is 2.25. The highest BCUT2D eigenvalue weighted by Crippen LogP contribution is 2.43.